The minimum absolute atomic E-state index is 0.0612. The Morgan fingerprint density at radius 2 is 1.75 bits per heavy atom. The van der Waals surface area contributed by atoms with Crippen LogP contribution in [0.1, 0.15) is 80.2 Å². The highest BCUT2D eigenvalue weighted by Crippen LogP contribution is 2.40. The van der Waals surface area contributed by atoms with Crippen LogP contribution in [0.25, 0.3) is 17.0 Å². The fourth-order valence-electron chi connectivity index (χ4n) is 8.73. The number of nitrogens with zero attached hydrogens (tertiary/aromatic N) is 2. The molecule has 3 saturated heterocycles. The van der Waals surface area contributed by atoms with Crippen LogP contribution < -0.4 is 5.32 Å². The standard InChI is InChI=1S/C42H59N3O10/c1-11-32-42(8)36(44-40(50)55-42)25(4)33(46)23(2)21-41(7,51-18-14-15-28-20-29-16-12-13-17-30(29)43-22-28)37(26(5)34(47)27(6)38(49)53-32)54-39-35(48)31(45(9)10)19-24(3)52-39/h12-17,20,22-27,31-32,35-37,39,48H,11,18-19,21H2,1-10H3,(H,44,50)/t23?,24?,25?,26?,27?,31?,32?,35?,36?,37?,39?,41-,42+/m0/s1. The number of alkyl carbamates (subject to hydrolysis) is 1. The van der Waals surface area contributed by atoms with Crippen LogP contribution in [0.3, 0.4) is 0 Å². The fraction of sp³-hybridized carbons (Fsp3) is 0.643. The zero-order chi connectivity index (χ0) is 40.4. The van der Waals surface area contributed by atoms with Crippen LogP contribution in [0.15, 0.2) is 42.6 Å². The molecule has 0 bridgehead atoms. The van der Waals surface area contributed by atoms with Gasteiger partial charge in [0.2, 0.25) is 0 Å². The summed E-state index contributed by atoms with van der Waals surface area (Å²) >= 11 is 0. The van der Waals surface area contributed by atoms with E-state index in [1.165, 1.54) is 6.92 Å². The molecule has 3 aliphatic heterocycles. The number of carbonyl (C=O) groups excluding carboxylic acids is 4. The number of cyclic esters (lactones) is 1. The van der Waals surface area contributed by atoms with Crippen molar-refractivity contribution in [3.05, 3.63) is 48.2 Å². The second-order valence-corrected chi connectivity index (χ2v) is 16.4. The quantitative estimate of drug-likeness (QED) is 0.270. The van der Waals surface area contributed by atoms with Crippen molar-refractivity contribution >= 4 is 40.6 Å². The lowest BCUT2D eigenvalue weighted by atomic mass is 9.73. The van der Waals surface area contributed by atoms with Crippen molar-refractivity contribution in [1.29, 1.82) is 0 Å². The molecule has 11 unspecified atom stereocenters. The number of hydrogen-bond donors (Lipinski definition) is 2. The Kier molecular flexibility index (Phi) is 13.2. The molecule has 5 rings (SSSR count). The number of hydrogen-bond acceptors (Lipinski definition) is 12. The van der Waals surface area contributed by atoms with Crippen LogP contribution in [0, 0.1) is 23.7 Å². The van der Waals surface area contributed by atoms with Gasteiger partial charge in [0.05, 0.1) is 36.0 Å². The number of nitrogens with one attached hydrogen (secondary N) is 1. The number of aromatic nitrogens is 1. The summed E-state index contributed by atoms with van der Waals surface area (Å²) in [7, 11) is 3.74. The molecular weight excluding hydrogens is 706 g/mol. The molecule has 0 saturated carbocycles. The third-order valence-corrected chi connectivity index (χ3v) is 11.9. The first-order valence-corrected chi connectivity index (χ1v) is 19.5. The van der Waals surface area contributed by atoms with Gasteiger partial charge < -0.3 is 39.0 Å². The average molecular weight is 766 g/mol. The Bertz CT molecular complexity index is 1750. The van der Waals surface area contributed by atoms with Gasteiger partial charge in [-0.1, -0.05) is 58.0 Å². The molecule has 55 heavy (non-hydrogen) atoms. The molecule has 302 valence electrons. The molecule has 1 aromatic heterocycles. The van der Waals surface area contributed by atoms with E-state index in [0.29, 0.717) is 6.42 Å². The number of likely N-dealkylation sites (N-methyl/N-ethyl adjacent to an activating group) is 1. The maximum atomic E-state index is 14.4. The number of esters is 1. The van der Waals surface area contributed by atoms with Crippen molar-refractivity contribution in [1.82, 2.24) is 15.2 Å². The van der Waals surface area contributed by atoms with E-state index in [4.69, 9.17) is 23.7 Å². The molecular formula is C42H59N3O10. The second kappa shape index (κ2) is 17.2. The lowest BCUT2D eigenvalue weighted by Gasteiger charge is -2.47. The number of fused-ring (bicyclic) bond motifs is 2. The van der Waals surface area contributed by atoms with Crippen molar-refractivity contribution in [2.75, 3.05) is 20.7 Å². The Morgan fingerprint density at radius 3 is 2.44 bits per heavy atom. The first-order valence-electron chi connectivity index (χ1n) is 19.5. The summed E-state index contributed by atoms with van der Waals surface area (Å²) in [5.41, 5.74) is -1.00. The van der Waals surface area contributed by atoms with Gasteiger partial charge in [-0.05, 0) is 78.7 Å². The maximum Gasteiger partial charge on any atom is 0.408 e. The van der Waals surface area contributed by atoms with Crippen LogP contribution in [-0.4, -0.2) is 113 Å². The number of rotatable bonds is 8. The zero-order valence-corrected chi connectivity index (χ0v) is 33.8. The molecule has 13 nitrogen and oxygen atoms in total. The van der Waals surface area contributed by atoms with Crippen LogP contribution in [-0.2, 0) is 38.1 Å². The number of ether oxygens (including phenoxy) is 5. The van der Waals surface area contributed by atoms with Crippen molar-refractivity contribution in [2.24, 2.45) is 23.7 Å². The molecule has 13 heteroatoms. The summed E-state index contributed by atoms with van der Waals surface area (Å²) in [6.45, 7) is 13.8. The summed E-state index contributed by atoms with van der Waals surface area (Å²) in [5, 5.41) is 15.4. The Morgan fingerprint density at radius 1 is 1.04 bits per heavy atom. The number of pyridine rings is 1. The Hall–Kier alpha value is -3.75. The highest BCUT2D eigenvalue weighted by molar-refractivity contribution is 6.00. The van der Waals surface area contributed by atoms with Crippen LogP contribution >= 0.6 is 0 Å². The van der Waals surface area contributed by atoms with E-state index < -0.39 is 83.4 Å². The van der Waals surface area contributed by atoms with E-state index in [1.807, 2.05) is 68.4 Å². The maximum absolute atomic E-state index is 14.4. The smallest absolute Gasteiger partial charge is 0.408 e. The molecule has 0 spiro atoms. The normalized spacial score (nSPS) is 38.1. The molecule has 0 aliphatic carbocycles. The Balaban J connectivity index is 1.56. The number of para-hydroxylation sites is 1. The van der Waals surface area contributed by atoms with E-state index in [2.05, 4.69) is 10.3 Å². The fourth-order valence-corrected chi connectivity index (χ4v) is 8.73. The number of carbonyl (C=O) groups is 4. The van der Waals surface area contributed by atoms with Gasteiger partial charge in [-0.2, -0.15) is 0 Å². The van der Waals surface area contributed by atoms with Crippen LogP contribution in [0.4, 0.5) is 4.79 Å². The number of benzene rings is 1. The predicted molar refractivity (Wildman–Crippen MR) is 206 cm³/mol. The monoisotopic (exact) mass is 765 g/mol. The van der Waals surface area contributed by atoms with Crippen molar-refractivity contribution in [3.63, 3.8) is 0 Å². The summed E-state index contributed by atoms with van der Waals surface area (Å²) < 4.78 is 31.4. The summed E-state index contributed by atoms with van der Waals surface area (Å²) in [4.78, 5) is 61.8. The van der Waals surface area contributed by atoms with Crippen molar-refractivity contribution in [2.45, 2.75) is 129 Å². The third kappa shape index (κ3) is 8.96. The molecule has 13 atom stereocenters. The van der Waals surface area contributed by atoms with Gasteiger partial charge in [0.1, 0.15) is 23.9 Å². The van der Waals surface area contributed by atoms with E-state index in [0.717, 1.165) is 16.5 Å². The average Bonchev–Trinajstić information content (AvgIpc) is 3.47. The highest BCUT2D eigenvalue weighted by Gasteiger charge is 2.57. The van der Waals surface area contributed by atoms with Gasteiger partial charge in [-0.25, -0.2) is 4.79 Å². The number of amides is 1. The van der Waals surface area contributed by atoms with Crippen LogP contribution in [0.2, 0.25) is 0 Å². The van der Waals surface area contributed by atoms with E-state index in [1.54, 1.807) is 47.7 Å². The van der Waals surface area contributed by atoms with E-state index in [-0.39, 0.29) is 37.4 Å². The number of aliphatic hydroxyl groups is 1. The van der Waals surface area contributed by atoms with Crippen LogP contribution in [0.5, 0.6) is 0 Å². The van der Waals surface area contributed by atoms with Gasteiger partial charge in [0.15, 0.2) is 17.7 Å². The number of Topliss-reactive ketones (excluding diaryl/α,β-unsaturated/α-hetero) is 2. The highest BCUT2D eigenvalue weighted by atomic mass is 16.7. The minimum atomic E-state index is -1.38. The lowest BCUT2D eigenvalue weighted by Crippen LogP contribution is -2.60. The lowest BCUT2D eigenvalue weighted by molar-refractivity contribution is -0.296. The van der Waals surface area contributed by atoms with E-state index >= 15 is 0 Å². The SMILES string of the molecule is CCC1OC(=O)C(C)C(=O)C(C)C(OC2OC(C)CC(N(C)C)C2O)[C@@](C)(OCC=Cc2cnc3ccccc3c2)CC(C)C(=O)C(C)C2NC(=O)O[C@]12C. The molecule has 3 fully saturated rings. The third-order valence-electron chi connectivity index (χ3n) is 11.9. The molecule has 1 aromatic carbocycles. The van der Waals surface area contributed by atoms with Gasteiger partial charge in [-0.15, -0.1) is 0 Å². The summed E-state index contributed by atoms with van der Waals surface area (Å²) in [5.74, 6) is -5.12. The number of aliphatic hydroxyl groups excluding tert-OH is 1. The predicted octanol–water partition coefficient (Wildman–Crippen LogP) is 5.11. The summed E-state index contributed by atoms with van der Waals surface area (Å²) in [6.07, 6.45) is 1.12. The molecule has 2 aromatic rings. The largest absolute Gasteiger partial charge is 0.458 e. The minimum Gasteiger partial charge on any atom is -0.458 e. The van der Waals surface area contributed by atoms with Crippen molar-refractivity contribution < 1.29 is 48.0 Å². The topological polar surface area (TPSA) is 163 Å². The second-order valence-electron chi connectivity index (χ2n) is 16.4. The molecule has 1 amide bonds. The summed E-state index contributed by atoms with van der Waals surface area (Å²) in [6, 6.07) is 8.70. The molecule has 2 N–H and O–H groups in total. The van der Waals surface area contributed by atoms with E-state index in [9.17, 15) is 24.3 Å². The first kappa shape index (κ1) is 42.4. The Labute approximate surface area is 324 Å². The van der Waals surface area contributed by atoms with Gasteiger partial charge in [-0.3, -0.25) is 19.4 Å². The number of ketones is 2. The zero-order valence-electron chi connectivity index (χ0n) is 33.8. The van der Waals surface area contributed by atoms with Gasteiger partial charge in [0.25, 0.3) is 0 Å². The molecule has 3 aliphatic rings. The molecule has 0 radical (unpaired) electrons. The van der Waals surface area contributed by atoms with Crippen molar-refractivity contribution in [3.8, 4) is 0 Å². The first-order chi connectivity index (χ1) is 25.9. The van der Waals surface area contributed by atoms with Gasteiger partial charge >= 0.3 is 12.1 Å². The molecule has 4 heterocycles. The van der Waals surface area contributed by atoms with Gasteiger partial charge in [0, 0.05) is 35.4 Å².